The molecule has 0 aliphatic heterocycles. The van der Waals surface area contributed by atoms with Crippen molar-refractivity contribution in [2.75, 3.05) is 19.8 Å². The molecule has 2 aromatic rings. The zero-order valence-corrected chi connectivity index (χ0v) is 23.6. The van der Waals surface area contributed by atoms with Gasteiger partial charge in [0.2, 0.25) is 0 Å². The molecule has 8 nitrogen and oxygen atoms in total. The fourth-order valence-electron chi connectivity index (χ4n) is 2.83. The summed E-state index contributed by atoms with van der Waals surface area (Å²) in [7, 11) is -7.49. The van der Waals surface area contributed by atoms with E-state index in [0.717, 1.165) is 18.4 Å². The molecular formula is C27H38O8P2. The lowest BCUT2D eigenvalue weighted by Gasteiger charge is -2.20. The molecule has 0 aromatic heterocycles. The first kappa shape index (κ1) is 31.0. The van der Waals surface area contributed by atoms with E-state index in [1.807, 2.05) is 37.3 Å². The summed E-state index contributed by atoms with van der Waals surface area (Å²) >= 11 is 0. The molecule has 2 atom stereocenters. The molecule has 0 saturated heterocycles. The smallest absolute Gasteiger partial charge is 0.404 e. The Labute approximate surface area is 220 Å². The molecule has 0 saturated carbocycles. The van der Waals surface area contributed by atoms with Gasteiger partial charge in [-0.25, -0.2) is 9.13 Å². The fraction of sp³-hybridized carbons (Fsp3) is 0.407. The van der Waals surface area contributed by atoms with Crippen LogP contribution in [-0.2, 0) is 27.2 Å². The van der Waals surface area contributed by atoms with Crippen molar-refractivity contribution in [3.05, 3.63) is 78.9 Å². The number of hydrogen-bond acceptors (Lipinski definition) is 8. The Morgan fingerprint density at radius 1 is 0.811 bits per heavy atom. The minimum absolute atomic E-state index is 0.148. The highest BCUT2D eigenvalue weighted by atomic mass is 31.2. The van der Waals surface area contributed by atoms with Crippen LogP contribution < -0.4 is 9.05 Å². The van der Waals surface area contributed by atoms with Crippen LogP contribution in [0.5, 0.6) is 11.5 Å². The molecule has 0 fully saturated rings. The Balaban J connectivity index is 1.89. The highest BCUT2D eigenvalue weighted by Crippen LogP contribution is 2.51. The lowest BCUT2D eigenvalue weighted by molar-refractivity contribution is 0.127. The van der Waals surface area contributed by atoms with E-state index in [1.54, 1.807) is 56.3 Å². The average molecular weight is 553 g/mol. The average Bonchev–Trinajstić information content (AvgIpc) is 2.85. The molecular weight excluding hydrogens is 514 g/mol. The molecule has 0 amide bonds. The van der Waals surface area contributed by atoms with E-state index >= 15 is 0 Å². The molecule has 0 spiro atoms. The van der Waals surface area contributed by atoms with Crippen LogP contribution in [0.3, 0.4) is 0 Å². The number of benzene rings is 2. The van der Waals surface area contributed by atoms with Crippen molar-refractivity contribution in [3.8, 4) is 11.5 Å². The maximum atomic E-state index is 13.0. The summed E-state index contributed by atoms with van der Waals surface area (Å²) in [5.74, 6) is 0.791. The first-order chi connectivity index (χ1) is 17.8. The van der Waals surface area contributed by atoms with Gasteiger partial charge in [0.1, 0.15) is 11.5 Å². The van der Waals surface area contributed by atoms with E-state index in [2.05, 4.69) is 6.58 Å². The predicted molar refractivity (Wildman–Crippen MR) is 147 cm³/mol. The van der Waals surface area contributed by atoms with Crippen molar-refractivity contribution in [2.24, 2.45) is 0 Å². The number of phosphoric acid groups is 2. The zero-order chi connectivity index (χ0) is 27.0. The molecule has 2 unspecified atom stereocenters. The van der Waals surface area contributed by atoms with Crippen LogP contribution in [0.15, 0.2) is 73.3 Å². The minimum Gasteiger partial charge on any atom is -0.404 e. The van der Waals surface area contributed by atoms with Gasteiger partial charge in [0, 0.05) is 0 Å². The molecule has 10 heteroatoms. The Morgan fingerprint density at radius 2 is 1.41 bits per heavy atom. The summed E-state index contributed by atoms with van der Waals surface area (Å²) < 4.78 is 58.8. The minimum atomic E-state index is -3.76. The maximum Gasteiger partial charge on any atom is 0.530 e. The van der Waals surface area contributed by atoms with Gasteiger partial charge in [-0.3, -0.25) is 18.1 Å². The van der Waals surface area contributed by atoms with Gasteiger partial charge in [-0.05, 0) is 62.9 Å². The van der Waals surface area contributed by atoms with Gasteiger partial charge < -0.3 is 9.05 Å². The van der Waals surface area contributed by atoms with Crippen LogP contribution in [0.25, 0.3) is 6.08 Å². The fourth-order valence-corrected chi connectivity index (χ4v) is 5.45. The normalized spacial score (nSPS) is 14.8. The molecule has 2 aromatic carbocycles. The number of rotatable bonds is 19. The Kier molecular flexibility index (Phi) is 13.9. The maximum absolute atomic E-state index is 13.0. The molecule has 0 N–H and O–H groups in total. The standard InChI is InChI=1S/C27H38O8P2/c1-5-7-21-30-36(28,31-22-8-6-2)34-27-19-17-25(18-20-27)14-12-13-23-32-37(29,33-24(3)4)35-26-15-10-9-11-16-26/h5,9-12,14-20,24H,1,6-8,13,21-23H2,2-4H3. The van der Waals surface area contributed by atoms with Crippen LogP contribution in [0, 0.1) is 0 Å². The molecule has 0 heterocycles. The molecule has 204 valence electrons. The summed E-state index contributed by atoms with van der Waals surface area (Å²) in [5, 5.41) is 0. The largest absolute Gasteiger partial charge is 0.530 e. The number of hydrogen-bond donors (Lipinski definition) is 0. The molecule has 37 heavy (non-hydrogen) atoms. The molecule has 2 rings (SSSR count). The third-order valence-electron chi connectivity index (χ3n) is 4.56. The third-order valence-corrected chi connectivity index (χ3v) is 7.61. The summed E-state index contributed by atoms with van der Waals surface area (Å²) in [5.41, 5.74) is 0.892. The van der Waals surface area contributed by atoms with Crippen LogP contribution in [0.4, 0.5) is 0 Å². The second-order valence-corrected chi connectivity index (χ2v) is 11.4. The Hall–Kier alpha value is -2.18. The topological polar surface area (TPSA) is 89.5 Å². The molecule has 0 radical (unpaired) electrons. The van der Waals surface area contributed by atoms with Gasteiger partial charge in [-0.1, -0.05) is 61.9 Å². The summed E-state index contributed by atoms with van der Waals surface area (Å²) in [6, 6.07) is 15.8. The van der Waals surface area contributed by atoms with Crippen LogP contribution in [0.1, 0.15) is 52.0 Å². The van der Waals surface area contributed by atoms with Crippen molar-refractivity contribution in [1.82, 2.24) is 0 Å². The number of para-hydroxylation sites is 1. The van der Waals surface area contributed by atoms with Crippen molar-refractivity contribution < 1.29 is 36.3 Å². The van der Waals surface area contributed by atoms with Gasteiger partial charge in [-0.15, -0.1) is 6.58 Å². The van der Waals surface area contributed by atoms with Gasteiger partial charge in [0.05, 0.1) is 25.9 Å². The van der Waals surface area contributed by atoms with E-state index in [4.69, 9.17) is 27.1 Å². The highest BCUT2D eigenvalue weighted by Gasteiger charge is 2.30. The van der Waals surface area contributed by atoms with E-state index in [9.17, 15) is 9.13 Å². The molecule has 0 bridgehead atoms. The first-order valence-electron chi connectivity index (χ1n) is 12.4. The van der Waals surface area contributed by atoms with Gasteiger partial charge in [0.25, 0.3) is 0 Å². The summed E-state index contributed by atoms with van der Waals surface area (Å²) in [4.78, 5) is 0. The van der Waals surface area contributed by atoms with E-state index in [1.165, 1.54) is 0 Å². The van der Waals surface area contributed by atoms with Crippen molar-refractivity contribution in [3.63, 3.8) is 0 Å². The summed E-state index contributed by atoms with van der Waals surface area (Å²) in [6.45, 7) is 9.81. The quantitative estimate of drug-likeness (QED) is 0.0972. The van der Waals surface area contributed by atoms with E-state index in [-0.39, 0.29) is 25.9 Å². The lowest BCUT2D eigenvalue weighted by Crippen LogP contribution is -2.08. The number of phosphoric ester groups is 2. The second kappa shape index (κ2) is 16.6. The third kappa shape index (κ3) is 12.8. The Morgan fingerprint density at radius 3 is 2.05 bits per heavy atom. The van der Waals surface area contributed by atoms with Crippen LogP contribution in [-0.4, -0.2) is 25.9 Å². The van der Waals surface area contributed by atoms with E-state index in [0.29, 0.717) is 24.3 Å². The Bertz CT molecular complexity index is 1040. The lowest BCUT2D eigenvalue weighted by atomic mass is 10.2. The van der Waals surface area contributed by atoms with Crippen molar-refractivity contribution in [2.45, 2.75) is 52.6 Å². The van der Waals surface area contributed by atoms with Crippen molar-refractivity contribution in [1.29, 1.82) is 0 Å². The predicted octanol–water partition coefficient (Wildman–Crippen LogP) is 8.61. The van der Waals surface area contributed by atoms with Crippen LogP contribution >= 0.6 is 15.6 Å². The van der Waals surface area contributed by atoms with E-state index < -0.39 is 15.6 Å². The van der Waals surface area contributed by atoms with Gasteiger partial charge in [0.15, 0.2) is 0 Å². The van der Waals surface area contributed by atoms with Crippen LogP contribution in [0.2, 0.25) is 0 Å². The molecule has 0 aliphatic carbocycles. The van der Waals surface area contributed by atoms with Gasteiger partial charge >= 0.3 is 15.6 Å². The van der Waals surface area contributed by atoms with Gasteiger partial charge in [-0.2, -0.15) is 0 Å². The van der Waals surface area contributed by atoms with Crippen molar-refractivity contribution >= 4 is 21.7 Å². The highest BCUT2D eigenvalue weighted by molar-refractivity contribution is 7.49. The zero-order valence-electron chi connectivity index (χ0n) is 21.8. The first-order valence-corrected chi connectivity index (χ1v) is 15.3. The monoisotopic (exact) mass is 552 g/mol. The molecule has 0 aliphatic rings. The number of unbranched alkanes of at least 4 members (excludes halogenated alkanes) is 1. The SMILES string of the molecule is C=CCCOP(=O)(OCCCC)Oc1ccc(C=CCCOP(=O)(Oc2ccccc2)OC(C)C)cc1. The second-order valence-electron chi connectivity index (χ2n) is 8.23. The summed E-state index contributed by atoms with van der Waals surface area (Å²) in [6.07, 6.45) is 7.80.